The average Bonchev–Trinajstić information content (AvgIpc) is 3.21. The van der Waals surface area contributed by atoms with E-state index in [4.69, 9.17) is 18.9 Å². The number of ether oxygens (including phenoxy) is 4. The van der Waals surface area contributed by atoms with E-state index < -0.39 is 24.3 Å². The minimum Gasteiger partial charge on any atom is -0.457 e. The summed E-state index contributed by atoms with van der Waals surface area (Å²) in [4.78, 5) is 34.7. The number of carbonyl (C=O) groups is 3. The quantitative estimate of drug-likeness (QED) is 0.421. The van der Waals surface area contributed by atoms with E-state index in [0.29, 0.717) is 19.6 Å². The molecule has 2 aliphatic heterocycles. The van der Waals surface area contributed by atoms with Gasteiger partial charge < -0.3 is 29.6 Å². The van der Waals surface area contributed by atoms with Crippen LogP contribution in [0.25, 0.3) is 0 Å². The van der Waals surface area contributed by atoms with Crippen LogP contribution >= 0.6 is 0 Å². The molecule has 2 bridgehead atoms. The van der Waals surface area contributed by atoms with Gasteiger partial charge in [-0.25, -0.2) is 4.79 Å². The first kappa shape index (κ1) is 21.4. The molecule has 0 aromatic carbocycles. The molecule has 5 atom stereocenters. The zero-order valence-electron chi connectivity index (χ0n) is 16.2. The molecule has 2 amide bonds. The molecule has 3 unspecified atom stereocenters. The molecule has 2 saturated heterocycles. The first-order valence-corrected chi connectivity index (χ1v) is 9.45. The van der Waals surface area contributed by atoms with Crippen LogP contribution in [0.3, 0.4) is 0 Å². The Morgan fingerprint density at radius 1 is 1.11 bits per heavy atom. The lowest BCUT2D eigenvalue weighted by atomic mass is 9.84. The summed E-state index contributed by atoms with van der Waals surface area (Å²) in [5.41, 5.74) is 0. The molecule has 27 heavy (non-hydrogen) atoms. The smallest absolute Gasteiger partial charge is 0.406 e. The first-order chi connectivity index (χ1) is 13.0. The standard InChI is InChI=1S/C18H30N2O7/c1-11(21)26-16-14-12(10-13(27-14)15(16)24-3)17(22)20-8-6-4-5-7-9-25-18(23)19-2/h12-16H,4-10H2,1-3H3,(H,19,23)(H,20,22)/t12?,13?,14-,15?,16+/m0/s1. The van der Waals surface area contributed by atoms with Crippen LogP contribution in [0.4, 0.5) is 4.79 Å². The summed E-state index contributed by atoms with van der Waals surface area (Å²) in [7, 11) is 3.08. The Morgan fingerprint density at radius 2 is 1.85 bits per heavy atom. The maximum atomic E-state index is 12.5. The maximum Gasteiger partial charge on any atom is 0.406 e. The minimum absolute atomic E-state index is 0.0721. The minimum atomic E-state index is -0.540. The van der Waals surface area contributed by atoms with E-state index in [9.17, 15) is 14.4 Å². The normalized spacial score (nSPS) is 28.6. The largest absolute Gasteiger partial charge is 0.457 e. The number of fused-ring (bicyclic) bond motifs is 2. The molecule has 0 aliphatic carbocycles. The Bertz CT molecular complexity index is 528. The Morgan fingerprint density at radius 3 is 2.52 bits per heavy atom. The van der Waals surface area contributed by atoms with Crippen LogP contribution in [0.2, 0.25) is 0 Å². The molecule has 2 rings (SSSR count). The van der Waals surface area contributed by atoms with Gasteiger partial charge in [-0.2, -0.15) is 0 Å². The number of methoxy groups -OCH3 is 1. The second-order valence-electron chi connectivity index (χ2n) is 6.85. The molecule has 0 saturated carbocycles. The monoisotopic (exact) mass is 386 g/mol. The second kappa shape index (κ2) is 10.5. The van der Waals surface area contributed by atoms with Gasteiger partial charge in [0.2, 0.25) is 5.91 Å². The van der Waals surface area contributed by atoms with Gasteiger partial charge in [0.05, 0.1) is 18.6 Å². The van der Waals surface area contributed by atoms with Crippen LogP contribution in [0, 0.1) is 5.92 Å². The van der Waals surface area contributed by atoms with E-state index in [0.717, 1.165) is 25.7 Å². The van der Waals surface area contributed by atoms with Crippen molar-refractivity contribution in [3.8, 4) is 0 Å². The van der Waals surface area contributed by atoms with Crippen molar-refractivity contribution in [2.75, 3.05) is 27.3 Å². The predicted molar refractivity (Wildman–Crippen MR) is 95.0 cm³/mol. The van der Waals surface area contributed by atoms with Gasteiger partial charge in [0.15, 0.2) is 6.10 Å². The number of carbonyl (C=O) groups excluding carboxylic acids is 3. The van der Waals surface area contributed by atoms with Crippen molar-refractivity contribution in [3.05, 3.63) is 0 Å². The highest BCUT2D eigenvalue weighted by Crippen LogP contribution is 2.42. The number of esters is 1. The number of amides is 2. The summed E-state index contributed by atoms with van der Waals surface area (Å²) in [6.07, 6.45) is 2.13. The van der Waals surface area contributed by atoms with Crippen LogP contribution in [0.5, 0.6) is 0 Å². The van der Waals surface area contributed by atoms with E-state index in [1.54, 1.807) is 7.11 Å². The molecule has 9 nitrogen and oxygen atoms in total. The third-order valence-electron chi connectivity index (χ3n) is 4.95. The highest BCUT2D eigenvalue weighted by Gasteiger charge is 2.58. The molecule has 0 spiro atoms. The van der Waals surface area contributed by atoms with Crippen molar-refractivity contribution in [2.45, 2.75) is 63.4 Å². The van der Waals surface area contributed by atoms with Crippen LogP contribution in [-0.4, -0.2) is 69.7 Å². The molecule has 9 heteroatoms. The van der Waals surface area contributed by atoms with Crippen LogP contribution in [0.15, 0.2) is 0 Å². The lowest BCUT2D eigenvalue weighted by Crippen LogP contribution is -2.49. The van der Waals surface area contributed by atoms with Crippen molar-refractivity contribution in [3.63, 3.8) is 0 Å². The molecular formula is C18H30N2O7. The summed E-state index contributed by atoms with van der Waals surface area (Å²) in [5.74, 6) is -0.804. The SMILES string of the molecule is CNC(=O)OCCCCCCNC(=O)C1CC2O[C@@H]1[C@@H](OC(C)=O)C2OC. The highest BCUT2D eigenvalue weighted by atomic mass is 16.6. The van der Waals surface area contributed by atoms with E-state index in [1.165, 1.54) is 14.0 Å². The number of rotatable bonds is 10. The Labute approximate surface area is 159 Å². The van der Waals surface area contributed by atoms with Crippen molar-refractivity contribution in [1.82, 2.24) is 10.6 Å². The molecule has 0 radical (unpaired) electrons. The fourth-order valence-corrected chi connectivity index (χ4v) is 3.68. The molecule has 2 fully saturated rings. The lowest BCUT2D eigenvalue weighted by Gasteiger charge is -2.30. The summed E-state index contributed by atoms with van der Waals surface area (Å²) < 4.78 is 21.4. The van der Waals surface area contributed by atoms with Gasteiger partial charge >= 0.3 is 12.1 Å². The van der Waals surface area contributed by atoms with Crippen molar-refractivity contribution >= 4 is 18.0 Å². The van der Waals surface area contributed by atoms with Crippen molar-refractivity contribution < 1.29 is 33.3 Å². The first-order valence-electron chi connectivity index (χ1n) is 9.45. The fraction of sp³-hybridized carbons (Fsp3) is 0.833. The number of nitrogens with one attached hydrogen (secondary N) is 2. The third-order valence-corrected chi connectivity index (χ3v) is 4.95. The molecule has 2 N–H and O–H groups in total. The highest BCUT2D eigenvalue weighted by molar-refractivity contribution is 5.80. The molecular weight excluding hydrogens is 356 g/mol. The lowest BCUT2D eigenvalue weighted by molar-refractivity contribution is -0.158. The van der Waals surface area contributed by atoms with Crippen molar-refractivity contribution in [2.24, 2.45) is 5.92 Å². The van der Waals surface area contributed by atoms with E-state index in [1.807, 2.05) is 0 Å². The maximum absolute atomic E-state index is 12.5. The molecule has 154 valence electrons. The number of alkyl carbamates (subject to hydrolysis) is 1. The van der Waals surface area contributed by atoms with E-state index >= 15 is 0 Å². The van der Waals surface area contributed by atoms with Crippen LogP contribution < -0.4 is 10.6 Å². The van der Waals surface area contributed by atoms with Gasteiger partial charge in [0, 0.05) is 27.6 Å². The number of unbranched alkanes of at least 4 members (excludes halogenated alkanes) is 3. The average molecular weight is 386 g/mol. The van der Waals surface area contributed by atoms with Gasteiger partial charge in [-0.3, -0.25) is 9.59 Å². The summed E-state index contributed by atoms with van der Waals surface area (Å²) in [5, 5.41) is 5.33. The summed E-state index contributed by atoms with van der Waals surface area (Å²) in [6.45, 7) is 2.31. The van der Waals surface area contributed by atoms with Crippen molar-refractivity contribution in [1.29, 1.82) is 0 Å². The van der Waals surface area contributed by atoms with Crippen LogP contribution in [-0.2, 0) is 28.5 Å². The van der Waals surface area contributed by atoms with Gasteiger partial charge in [-0.1, -0.05) is 6.42 Å². The summed E-state index contributed by atoms with van der Waals surface area (Å²) in [6, 6.07) is 0. The van der Waals surface area contributed by atoms with Gasteiger partial charge in [-0.05, 0) is 25.7 Å². The summed E-state index contributed by atoms with van der Waals surface area (Å²) >= 11 is 0. The molecule has 2 heterocycles. The Balaban J connectivity index is 1.64. The van der Waals surface area contributed by atoms with Gasteiger partial charge in [0.25, 0.3) is 0 Å². The number of hydrogen-bond acceptors (Lipinski definition) is 7. The molecule has 0 aromatic heterocycles. The Hall–Kier alpha value is -1.87. The van der Waals surface area contributed by atoms with Gasteiger partial charge in [-0.15, -0.1) is 0 Å². The molecule has 2 aliphatic rings. The second-order valence-corrected chi connectivity index (χ2v) is 6.85. The van der Waals surface area contributed by atoms with E-state index in [-0.39, 0.29) is 24.0 Å². The molecule has 0 aromatic rings. The number of hydrogen-bond donors (Lipinski definition) is 2. The van der Waals surface area contributed by atoms with E-state index in [2.05, 4.69) is 10.6 Å². The zero-order chi connectivity index (χ0) is 19.8. The third kappa shape index (κ3) is 5.80. The zero-order valence-corrected chi connectivity index (χ0v) is 16.2. The fourth-order valence-electron chi connectivity index (χ4n) is 3.68. The predicted octanol–water partition coefficient (Wildman–Crippen LogP) is 0.753. The van der Waals surface area contributed by atoms with Gasteiger partial charge in [0.1, 0.15) is 12.2 Å². The van der Waals surface area contributed by atoms with Crippen LogP contribution in [0.1, 0.15) is 39.0 Å². The Kier molecular flexibility index (Phi) is 8.30. The topological polar surface area (TPSA) is 112 Å².